The van der Waals surface area contributed by atoms with Gasteiger partial charge in [-0.15, -0.1) is 0 Å². The van der Waals surface area contributed by atoms with E-state index in [0.29, 0.717) is 0 Å². The second-order valence-corrected chi connectivity index (χ2v) is 6.01. The van der Waals surface area contributed by atoms with Crippen LogP contribution in [0.15, 0.2) is 12.4 Å². The molecule has 1 aliphatic rings. The van der Waals surface area contributed by atoms with Crippen molar-refractivity contribution in [1.29, 1.82) is 0 Å². The molecule has 1 rings (SSSR count). The van der Waals surface area contributed by atoms with Gasteiger partial charge in [-0.25, -0.2) is 4.39 Å². The lowest BCUT2D eigenvalue weighted by atomic mass is 9.91. The van der Waals surface area contributed by atoms with Crippen molar-refractivity contribution in [2.45, 2.75) is 45.8 Å². The molecule has 1 fully saturated rings. The monoisotopic (exact) mass is 229 g/mol. The Balaban J connectivity index is 2.95. The van der Waals surface area contributed by atoms with Crippen LogP contribution in [0.2, 0.25) is 0 Å². The van der Waals surface area contributed by atoms with Gasteiger partial charge in [-0.1, -0.05) is 27.4 Å². The minimum absolute atomic E-state index is 0.0220. The van der Waals surface area contributed by atoms with Gasteiger partial charge in [-0.05, 0) is 0 Å². The van der Waals surface area contributed by atoms with Gasteiger partial charge in [0.15, 0.2) is 11.7 Å². The van der Waals surface area contributed by atoms with E-state index < -0.39 is 11.4 Å². The number of nitrogens with two attached hydrogens (primary N) is 1. The number of carbonyl (C=O) groups is 1. The normalized spacial score (nSPS) is 31.0. The first-order valence-electron chi connectivity index (χ1n) is 5.54. The quantitative estimate of drug-likeness (QED) is 0.754. The summed E-state index contributed by atoms with van der Waals surface area (Å²) in [5.41, 5.74) is -0.766. The fourth-order valence-corrected chi connectivity index (χ4v) is 2.42. The molecule has 0 saturated carbocycles. The van der Waals surface area contributed by atoms with Crippen LogP contribution in [0, 0.1) is 5.41 Å². The Kier molecular flexibility index (Phi) is 3.16. The molecule has 16 heavy (non-hydrogen) atoms. The predicted octanol–water partition coefficient (Wildman–Crippen LogP) is 1.03. The third-order valence-electron chi connectivity index (χ3n) is 3.20. The van der Waals surface area contributed by atoms with E-state index in [-0.39, 0.29) is 23.9 Å². The van der Waals surface area contributed by atoms with Crippen molar-refractivity contribution in [1.82, 2.24) is 4.90 Å². The van der Waals surface area contributed by atoms with Gasteiger partial charge in [0, 0.05) is 19.4 Å². The molecule has 4 heteroatoms. The van der Waals surface area contributed by atoms with Gasteiger partial charge in [-0.3, -0.25) is 9.69 Å². The molecule has 1 heterocycles. The fraction of sp³-hybridized carbons (Fsp3) is 0.750. The molecule has 3 nitrogen and oxygen atoms in total. The predicted molar refractivity (Wildman–Crippen MR) is 61.2 cm³/mol. The summed E-state index contributed by atoms with van der Waals surface area (Å²) < 4.78 is 12.9. The molecule has 2 atom stereocenters. The molecule has 0 spiro atoms. The SMILES string of the molecule is C=C(F)C[C@]1(C)[NH2+][C@@H](C(C)(C)C)N(C)C1=O. The van der Waals surface area contributed by atoms with Crippen LogP contribution in [0.5, 0.6) is 0 Å². The number of hydrogen-bond donors (Lipinski definition) is 1. The van der Waals surface area contributed by atoms with Crippen molar-refractivity contribution in [2.24, 2.45) is 5.41 Å². The molecule has 1 amide bonds. The average molecular weight is 229 g/mol. The van der Waals surface area contributed by atoms with E-state index in [0.717, 1.165) is 0 Å². The second-order valence-electron chi connectivity index (χ2n) is 6.01. The van der Waals surface area contributed by atoms with E-state index in [4.69, 9.17) is 0 Å². The van der Waals surface area contributed by atoms with E-state index in [1.165, 1.54) is 0 Å². The summed E-state index contributed by atoms with van der Waals surface area (Å²) in [5.74, 6) is -0.457. The van der Waals surface area contributed by atoms with Crippen LogP contribution in [-0.2, 0) is 4.79 Å². The highest BCUT2D eigenvalue weighted by Gasteiger charge is 2.54. The zero-order valence-electron chi connectivity index (χ0n) is 10.8. The van der Waals surface area contributed by atoms with Gasteiger partial charge >= 0.3 is 0 Å². The van der Waals surface area contributed by atoms with Crippen LogP contribution in [0.4, 0.5) is 4.39 Å². The first-order valence-corrected chi connectivity index (χ1v) is 5.54. The standard InChI is InChI=1S/C12H21FN2O/c1-8(13)7-12(5)10(16)15(6)9(14-12)11(2,3)4/h9,14H,1,7H2,2-6H3/p+1/t9-,12+/m1/s1. The molecular formula is C12H22FN2O+. The number of rotatable bonds is 2. The molecule has 0 unspecified atom stereocenters. The first kappa shape index (κ1) is 13.2. The Morgan fingerprint density at radius 2 is 2.12 bits per heavy atom. The zero-order chi connectivity index (χ0) is 12.7. The highest BCUT2D eigenvalue weighted by Crippen LogP contribution is 2.27. The van der Waals surface area contributed by atoms with Crippen LogP contribution in [0.1, 0.15) is 34.1 Å². The lowest BCUT2D eigenvalue weighted by Crippen LogP contribution is -3.00. The highest BCUT2D eigenvalue weighted by atomic mass is 19.1. The molecule has 0 aliphatic carbocycles. The van der Waals surface area contributed by atoms with Crippen molar-refractivity contribution in [3.05, 3.63) is 12.4 Å². The number of carbonyl (C=O) groups excluding carboxylic acids is 1. The molecule has 0 aromatic carbocycles. The van der Waals surface area contributed by atoms with Crippen molar-refractivity contribution in [3.8, 4) is 0 Å². The smallest absolute Gasteiger partial charge is 0.288 e. The van der Waals surface area contributed by atoms with Crippen LogP contribution in [-0.4, -0.2) is 29.6 Å². The minimum Gasteiger partial charge on any atom is -0.313 e. The van der Waals surface area contributed by atoms with E-state index >= 15 is 0 Å². The van der Waals surface area contributed by atoms with Crippen LogP contribution >= 0.6 is 0 Å². The minimum atomic E-state index is -0.738. The van der Waals surface area contributed by atoms with E-state index in [9.17, 15) is 9.18 Å². The molecule has 92 valence electrons. The largest absolute Gasteiger partial charge is 0.313 e. The molecule has 1 saturated heterocycles. The fourth-order valence-electron chi connectivity index (χ4n) is 2.42. The first-order chi connectivity index (χ1) is 7.08. The lowest BCUT2D eigenvalue weighted by Gasteiger charge is -2.29. The van der Waals surface area contributed by atoms with E-state index in [1.54, 1.807) is 18.9 Å². The third-order valence-corrected chi connectivity index (χ3v) is 3.20. The Morgan fingerprint density at radius 3 is 2.44 bits per heavy atom. The van der Waals surface area contributed by atoms with Gasteiger partial charge in [0.2, 0.25) is 0 Å². The number of quaternary nitrogens is 1. The topological polar surface area (TPSA) is 36.9 Å². The van der Waals surface area contributed by atoms with Crippen molar-refractivity contribution >= 4 is 5.91 Å². The van der Waals surface area contributed by atoms with Gasteiger partial charge in [-0.2, -0.15) is 0 Å². The number of likely N-dealkylation sites (N-methyl/N-ethyl adjacent to an activating group) is 1. The summed E-state index contributed by atoms with van der Waals surface area (Å²) in [4.78, 5) is 13.8. The maximum Gasteiger partial charge on any atom is 0.288 e. The molecule has 1 aliphatic heterocycles. The van der Waals surface area contributed by atoms with Gasteiger partial charge < -0.3 is 5.32 Å². The Hall–Kier alpha value is -0.900. The molecule has 0 bridgehead atoms. The maximum absolute atomic E-state index is 12.9. The molecule has 0 aromatic heterocycles. The summed E-state index contributed by atoms with van der Waals surface area (Å²) in [5, 5.41) is 1.96. The number of halogens is 1. The lowest BCUT2D eigenvalue weighted by molar-refractivity contribution is -0.745. The van der Waals surface area contributed by atoms with Gasteiger partial charge in [0.1, 0.15) is 0 Å². The average Bonchev–Trinajstić information content (AvgIpc) is 2.28. The van der Waals surface area contributed by atoms with Gasteiger partial charge in [0.05, 0.1) is 12.2 Å². The molecule has 0 radical (unpaired) electrons. The second kappa shape index (κ2) is 3.84. The maximum atomic E-state index is 12.9. The van der Waals surface area contributed by atoms with E-state index in [1.807, 2.05) is 5.32 Å². The van der Waals surface area contributed by atoms with Crippen molar-refractivity contribution in [3.63, 3.8) is 0 Å². The summed E-state index contributed by atoms with van der Waals surface area (Å²) in [7, 11) is 1.78. The zero-order valence-corrected chi connectivity index (χ0v) is 10.8. The third kappa shape index (κ3) is 2.26. The Labute approximate surface area is 96.7 Å². The Bertz CT molecular complexity index is 321. The van der Waals surface area contributed by atoms with Gasteiger partial charge in [0.25, 0.3) is 5.91 Å². The number of nitrogens with zero attached hydrogens (tertiary/aromatic N) is 1. The van der Waals surface area contributed by atoms with Crippen LogP contribution < -0.4 is 5.32 Å². The summed E-state index contributed by atoms with van der Waals surface area (Å²) in [6.45, 7) is 11.3. The molecular weight excluding hydrogens is 207 g/mol. The Morgan fingerprint density at radius 1 is 1.62 bits per heavy atom. The van der Waals surface area contributed by atoms with Crippen molar-refractivity contribution in [2.75, 3.05) is 7.05 Å². The molecule has 2 N–H and O–H groups in total. The van der Waals surface area contributed by atoms with Crippen LogP contribution in [0.3, 0.4) is 0 Å². The number of amides is 1. The van der Waals surface area contributed by atoms with E-state index in [2.05, 4.69) is 27.4 Å². The van der Waals surface area contributed by atoms with Crippen LogP contribution in [0.25, 0.3) is 0 Å². The summed E-state index contributed by atoms with van der Waals surface area (Å²) >= 11 is 0. The van der Waals surface area contributed by atoms with Crippen molar-refractivity contribution < 1.29 is 14.5 Å². The summed E-state index contributed by atoms with van der Waals surface area (Å²) in [6.07, 6.45) is 0.132. The summed E-state index contributed by atoms with van der Waals surface area (Å²) in [6, 6.07) is 0. The molecule has 0 aromatic rings. The number of hydrogen-bond acceptors (Lipinski definition) is 1. The highest BCUT2D eigenvalue weighted by molar-refractivity contribution is 5.85.